The van der Waals surface area contributed by atoms with Crippen molar-refractivity contribution in [3.63, 3.8) is 0 Å². The molecule has 2 fully saturated rings. The molecule has 4 rings (SSSR count). The first-order chi connectivity index (χ1) is 9.75. The number of fused-ring (bicyclic) bond motifs is 2. The van der Waals surface area contributed by atoms with Crippen LogP contribution in [0.4, 0.5) is 0 Å². The molecule has 1 aromatic carbocycles. The summed E-state index contributed by atoms with van der Waals surface area (Å²) in [5.41, 5.74) is 1.01. The minimum atomic E-state index is 0.00595. The van der Waals surface area contributed by atoms with Gasteiger partial charge in [0.15, 0.2) is 11.5 Å². The maximum Gasteiger partial charge on any atom is 0.162 e. The standard InChI is InChI=1S/C16H18Cl2O2/c17-12-8-14-13(19-5-6-20-14)7-11(12)16(18)15-9-3-1-2-4-10(9)15/h7-10,15-16H,1-6H2. The third-order valence-electron chi connectivity index (χ3n) is 5.02. The zero-order valence-electron chi connectivity index (χ0n) is 11.3. The minimum Gasteiger partial charge on any atom is -0.486 e. The van der Waals surface area contributed by atoms with Crippen LogP contribution < -0.4 is 9.47 Å². The van der Waals surface area contributed by atoms with Gasteiger partial charge in [-0.05, 0) is 42.2 Å². The van der Waals surface area contributed by atoms with E-state index in [0.29, 0.717) is 24.2 Å². The third-order valence-corrected chi connectivity index (χ3v) is 5.87. The molecule has 1 heterocycles. The predicted octanol–water partition coefficient (Wildman–Crippen LogP) is 4.83. The highest BCUT2D eigenvalue weighted by atomic mass is 35.5. The summed E-state index contributed by atoms with van der Waals surface area (Å²) in [6.45, 7) is 1.18. The molecule has 3 aliphatic rings. The van der Waals surface area contributed by atoms with Gasteiger partial charge in [-0.3, -0.25) is 0 Å². The van der Waals surface area contributed by atoms with Gasteiger partial charge in [-0.25, -0.2) is 0 Å². The lowest BCUT2D eigenvalue weighted by Crippen LogP contribution is -2.15. The number of hydrogen-bond donors (Lipinski definition) is 0. The quantitative estimate of drug-likeness (QED) is 0.728. The first-order valence-electron chi connectivity index (χ1n) is 7.49. The van der Waals surface area contributed by atoms with E-state index in [1.807, 2.05) is 12.1 Å². The van der Waals surface area contributed by atoms with Crippen molar-refractivity contribution in [3.8, 4) is 11.5 Å². The minimum absolute atomic E-state index is 0.00595. The molecule has 1 aromatic rings. The molecule has 1 aliphatic heterocycles. The molecule has 0 aromatic heterocycles. The first kappa shape index (κ1) is 13.1. The van der Waals surface area contributed by atoms with E-state index in [0.717, 1.165) is 28.9 Å². The van der Waals surface area contributed by atoms with E-state index >= 15 is 0 Å². The molecular weight excluding hydrogens is 295 g/mol. The Morgan fingerprint density at radius 2 is 1.60 bits per heavy atom. The molecule has 0 saturated heterocycles. The van der Waals surface area contributed by atoms with Crippen LogP contribution >= 0.6 is 23.2 Å². The number of benzene rings is 1. The van der Waals surface area contributed by atoms with Crippen LogP contribution in [0.2, 0.25) is 5.02 Å². The van der Waals surface area contributed by atoms with E-state index < -0.39 is 0 Å². The summed E-state index contributed by atoms with van der Waals surface area (Å²) in [4.78, 5) is 0. The van der Waals surface area contributed by atoms with Crippen LogP contribution in [0.5, 0.6) is 11.5 Å². The van der Waals surface area contributed by atoms with Gasteiger partial charge in [-0.15, -0.1) is 11.6 Å². The van der Waals surface area contributed by atoms with E-state index in [2.05, 4.69) is 0 Å². The summed E-state index contributed by atoms with van der Waals surface area (Å²) >= 11 is 13.2. The predicted molar refractivity (Wildman–Crippen MR) is 80.0 cm³/mol. The molecule has 3 unspecified atom stereocenters. The number of hydrogen-bond acceptors (Lipinski definition) is 2. The van der Waals surface area contributed by atoms with Crippen LogP contribution in [0.1, 0.15) is 36.6 Å². The molecule has 0 bridgehead atoms. The zero-order chi connectivity index (χ0) is 13.7. The van der Waals surface area contributed by atoms with Crippen molar-refractivity contribution in [2.24, 2.45) is 17.8 Å². The largest absolute Gasteiger partial charge is 0.486 e. The molecule has 0 spiro atoms. The molecule has 2 saturated carbocycles. The Hall–Kier alpha value is -0.600. The molecule has 4 heteroatoms. The molecule has 2 nitrogen and oxygen atoms in total. The highest BCUT2D eigenvalue weighted by Gasteiger charge is 2.54. The van der Waals surface area contributed by atoms with Crippen molar-refractivity contribution < 1.29 is 9.47 Å². The van der Waals surface area contributed by atoms with Gasteiger partial charge in [0, 0.05) is 11.1 Å². The second-order valence-electron chi connectivity index (χ2n) is 6.11. The fourth-order valence-corrected chi connectivity index (χ4v) is 4.86. The average molecular weight is 313 g/mol. The monoisotopic (exact) mass is 312 g/mol. The molecule has 108 valence electrons. The maximum absolute atomic E-state index is 6.75. The van der Waals surface area contributed by atoms with Gasteiger partial charge in [0.25, 0.3) is 0 Å². The Morgan fingerprint density at radius 3 is 2.25 bits per heavy atom. The Morgan fingerprint density at radius 1 is 1.00 bits per heavy atom. The maximum atomic E-state index is 6.75. The molecule has 20 heavy (non-hydrogen) atoms. The second-order valence-corrected chi connectivity index (χ2v) is 6.99. The van der Waals surface area contributed by atoms with Gasteiger partial charge in [-0.1, -0.05) is 24.4 Å². The Kier molecular flexibility index (Phi) is 3.27. The van der Waals surface area contributed by atoms with Crippen LogP contribution in [-0.4, -0.2) is 13.2 Å². The average Bonchev–Trinajstić information content (AvgIpc) is 3.20. The van der Waals surface area contributed by atoms with Gasteiger partial charge in [-0.2, -0.15) is 0 Å². The lowest BCUT2D eigenvalue weighted by molar-refractivity contribution is 0.171. The van der Waals surface area contributed by atoms with Crippen molar-refractivity contribution in [1.82, 2.24) is 0 Å². The van der Waals surface area contributed by atoms with Crippen LogP contribution in [0.15, 0.2) is 12.1 Å². The first-order valence-corrected chi connectivity index (χ1v) is 8.30. The number of rotatable bonds is 2. The summed E-state index contributed by atoms with van der Waals surface area (Å²) in [6, 6.07) is 3.84. The normalized spacial score (nSPS) is 32.4. The molecule has 0 amide bonds. The van der Waals surface area contributed by atoms with Crippen LogP contribution in [0.3, 0.4) is 0 Å². The highest BCUT2D eigenvalue weighted by Crippen LogP contribution is 2.63. The van der Waals surface area contributed by atoms with Crippen molar-refractivity contribution in [2.75, 3.05) is 13.2 Å². The molecule has 0 radical (unpaired) electrons. The van der Waals surface area contributed by atoms with Gasteiger partial charge >= 0.3 is 0 Å². The smallest absolute Gasteiger partial charge is 0.162 e. The number of halogens is 2. The molecular formula is C16H18Cl2O2. The second kappa shape index (κ2) is 4.99. The molecule has 2 aliphatic carbocycles. The van der Waals surface area contributed by atoms with Crippen LogP contribution in [-0.2, 0) is 0 Å². The highest BCUT2D eigenvalue weighted by molar-refractivity contribution is 6.33. The fraction of sp³-hybridized carbons (Fsp3) is 0.625. The number of alkyl halides is 1. The van der Waals surface area contributed by atoms with E-state index in [1.54, 1.807) is 0 Å². The Balaban J connectivity index is 1.61. The van der Waals surface area contributed by atoms with E-state index in [1.165, 1.54) is 25.7 Å². The Bertz CT molecular complexity index is 519. The SMILES string of the molecule is Clc1cc2c(cc1C(Cl)C1C3CCCCC31)OCCO2. The summed E-state index contributed by atoms with van der Waals surface area (Å²) in [5.74, 6) is 3.75. The van der Waals surface area contributed by atoms with E-state index in [9.17, 15) is 0 Å². The molecule has 0 N–H and O–H groups in total. The lowest BCUT2D eigenvalue weighted by atomic mass is 10.0. The Labute approximate surface area is 129 Å². The van der Waals surface area contributed by atoms with E-state index in [4.69, 9.17) is 32.7 Å². The number of ether oxygens (including phenoxy) is 2. The topological polar surface area (TPSA) is 18.5 Å². The van der Waals surface area contributed by atoms with Gasteiger partial charge in [0.2, 0.25) is 0 Å². The third kappa shape index (κ3) is 2.08. The zero-order valence-corrected chi connectivity index (χ0v) is 12.8. The fourth-order valence-electron chi connectivity index (χ4n) is 3.98. The van der Waals surface area contributed by atoms with Gasteiger partial charge < -0.3 is 9.47 Å². The van der Waals surface area contributed by atoms with Gasteiger partial charge in [0.05, 0.1) is 5.38 Å². The van der Waals surface area contributed by atoms with Crippen molar-refractivity contribution in [2.45, 2.75) is 31.1 Å². The summed E-state index contributed by atoms with van der Waals surface area (Å²) in [7, 11) is 0. The molecule has 3 atom stereocenters. The summed E-state index contributed by atoms with van der Waals surface area (Å²) in [5, 5.41) is 0.712. The summed E-state index contributed by atoms with van der Waals surface area (Å²) < 4.78 is 11.2. The van der Waals surface area contributed by atoms with Crippen molar-refractivity contribution >= 4 is 23.2 Å². The van der Waals surface area contributed by atoms with Crippen molar-refractivity contribution in [3.05, 3.63) is 22.7 Å². The lowest BCUT2D eigenvalue weighted by Gasteiger charge is -2.21. The van der Waals surface area contributed by atoms with Crippen LogP contribution in [0.25, 0.3) is 0 Å². The summed E-state index contributed by atoms with van der Waals surface area (Å²) in [6.07, 6.45) is 5.38. The van der Waals surface area contributed by atoms with E-state index in [-0.39, 0.29) is 5.38 Å². The van der Waals surface area contributed by atoms with Crippen molar-refractivity contribution in [1.29, 1.82) is 0 Å². The van der Waals surface area contributed by atoms with Gasteiger partial charge in [0.1, 0.15) is 13.2 Å². The van der Waals surface area contributed by atoms with Crippen LogP contribution in [0, 0.1) is 17.8 Å².